The molecule has 0 bridgehead atoms. The van der Waals surface area contributed by atoms with Crippen molar-refractivity contribution in [1.29, 1.82) is 0 Å². The summed E-state index contributed by atoms with van der Waals surface area (Å²) in [6.45, 7) is 5.00. The molecule has 0 saturated heterocycles. The third-order valence-electron chi connectivity index (χ3n) is 4.62. The van der Waals surface area contributed by atoms with Gasteiger partial charge in [0.1, 0.15) is 23.4 Å². The normalized spacial score (nSPS) is 19.3. The maximum Gasteiger partial charge on any atom is 0.310 e. The largest absolute Gasteiger partial charge is 0.508 e. The first-order chi connectivity index (χ1) is 13.7. The highest BCUT2D eigenvalue weighted by atomic mass is 16.7. The predicted molar refractivity (Wildman–Crippen MR) is 102 cm³/mol. The van der Waals surface area contributed by atoms with Crippen LogP contribution >= 0.6 is 0 Å². The standard InChI is InChI=1S/C21H24O8/c1-10(2)21(26)28-11(3)27-19-9-14-16(24)7-13(22)8-18(14)29-20(19)12-4-5-15(23)17(25)6-12/h4-8,10-11,19-20,22-25H,9H2,1-3H3/t11?,19-,20+/m1/s1. The topological polar surface area (TPSA) is 126 Å². The molecule has 0 aromatic heterocycles. The molecule has 1 unspecified atom stereocenters. The molecule has 0 saturated carbocycles. The number of carbonyl (C=O) groups excluding carboxylic acids is 1. The molecule has 2 aromatic carbocycles. The van der Waals surface area contributed by atoms with Gasteiger partial charge in [0, 0.05) is 24.1 Å². The highest BCUT2D eigenvalue weighted by Crippen LogP contribution is 2.44. The van der Waals surface area contributed by atoms with Gasteiger partial charge in [-0.3, -0.25) is 4.79 Å². The molecular weight excluding hydrogens is 380 g/mol. The van der Waals surface area contributed by atoms with E-state index >= 15 is 0 Å². The number of ether oxygens (including phenoxy) is 3. The Hall–Kier alpha value is -3.13. The van der Waals surface area contributed by atoms with Crippen LogP contribution in [0.3, 0.4) is 0 Å². The van der Waals surface area contributed by atoms with Crippen LogP contribution in [0.4, 0.5) is 0 Å². The van der Waals surface area contributed by atoms with E-state index in [1.807, 2.05) is 0 Å². The quantitative estimate of drug-likeness (QED) is 0.340. The molecule has 156 valence electrons. The van der Waals surface area contributed by atoms with Crippen LogP contribution in [-0.2, 0) is 20.7 Å². The number of benzene rings is 2. The van der Waals surface area contributed by atoms with E-state index in [1.165, 1.54) is 24.3 Å². The fraction of sp³-hybridized carbons (Fsp3) is 0.381. The average molecular weight is 404 g/mol. The van der Waals surface area contributed by atoms with Crippen LogP contribution in [0, 0.1) is 5.92 Å². The van der Waals surface area contributed by atoms with Crippen LogP contribution < -0.4 is 4.74 Å². The first kappa shape index (κ1) is 20.6. The zero-order chi connectivity index (χ0) is 21.3. The van der Waals surface area contributed by atoms with Crippen LogP contribution in [-0.4, -0.2) is 38.8 Å². The predicted octanol–water partition coefficient (Wildman–Crippen LogP) is 3.12. The van der Waals surface area contributed by atoms with E-state index < -0.39 is 24.5 Å². The molecule has 0 radical (unpaired) electrons. The lowest BCUT2D eigenvalue weighted by Crippen LogP contribution is -2.37. The van der Waals surface area contributed by atoms with Gasteiger partial charge in [-0.25, -0.2) is 0 Å². The smallest absolute Gasteiger partial charge is 0.310 e. The molecule has 29 heavy (non-hydrogen) atoms. The second kappa shape index (κ2) is 8.08. The third kappa shape index (κ3) is 4.48. The summed E-state index contributed by atoms with van der Waals surface area (Å²) in [6.07, 6.45) is -2.11. The Morgan fingerprint density at radius 1 is 1.03 bits per heavy atom. The molecule has 0 amide bonds. The van der Waals surface area contributed by atoms with Crippen LogP contribution in [0.25, 0.3) is 0 Å². The Bertz CT molecular complexity index is 908. The Kier molecular flexibility index (Phi) is 5.74. The lowest BCUT2D eigenvalue weighted by Gasteiger charge is -2.35. The molecule has 4 N–H and O–H groups in total. The lowest BCUT2D eigenvalue weighted by atomic mass is 9.93. The minimum Gasteiger partial charge on any atom is -0.508 e. The molecule has 1 heterocycles. The second-order valence-corrected chi connectivity index (χ2v) is 7.27. The van der Waals surface area contributed by atoms with E-state index in [-0.39, 0.29) is 41.1 Å². The summed E-state index contributed by atoms with van der Waals surface area (Å²) >= 11 is 0. The van der Waals surface area contributed by atoms with E-state index in [2.05, 4.69) is 0 Å². The molecule has 0 aliphatic carbocycles. The zero-order valence-corrected chi connectivity index (χ0v) is 16.3. The molecule has 1 aliphatic heterocycles. The van der Waals surface area contributed by atoms with Crippen molar-refractivity contribution >= 4 is 5.97 Å². The average Bonchev–Trinajstić information content (AvgIpc) is 2.63. The molecule has 0 fully saturated rings. The van der Waals surface area contributed by atoms with Gasteiger partial charge in [0.15, 0.2) is 17.6 Å². The number of fused-ring (bicyclic) bond motifs is 1. The first-order valence-corrected chi connectivity index (χ1v) is 9.25. The minimum absolute atomic E-state index is 0.146. The highest BCUT2D eigenvalue weighted by molar-refractivity contribution is 5.71. The number of esters is 1. The van der Waals surface area contributed by atoms with Crippen molar-refractivity contribution in [2.24, 2.45) is 5.92 Å². The Morgan fingerprint density at radius 2 is 1.76 bits per heavy atom. The highest BCUT2D eigenvalue weighted by Gasteiger charge is 2.36. The molecule has 0 spiro atoms. The summed E-state index contributed by atoms with van der Waals surface area (Å²) in [5.41, 5.74) is 0.940. The molecule has 1 aliphatic rings. The van der Waals surface area contributed by atoms with Gasteiger partial charge < -0.3 is 34.6 Å². The minimum atomic E-state index is -0.882. The van der Waals surface area contributed by atoms with Gasteiger partial charge in [-0.1, -0.05) is 19.9 Å². The summed E-state index contributed by atoms with van der Waals surface area (Å²) in [5.74, 6) is -1.38. The fourth-order valence-electron chi connectivity index (χ4n) is 3.14. The molecule has 3 rings (SSSR count). The molecule has 3 atom stereocenters. The van der Waals surface area contributed by atoms with E-state index in [0.717, 1.165) is 0 Å². The second-order valence-electron chi connectivity index (χ2n) is 7.27. The Labute approximate surface area is 167 Å². The number of carbonyl (C=O) groups is 1. The fourth-order valence-corrected chi connectivity index (χ4v) is 3.14. The lowest BCUT2D eigenvalue weighted by molar-refractivity contribution is -0.198. The SMILES string of the molecule is CC(OC(=O)C(C)C)O[C@@H]1Cc2c(O)cc(O)cc2O[C@H]1c1ccc(O)c(O)c1. The van der Waals surface area contributed by atoms with E-state index in [4.69, 9.17) is 14.2 Å². The number of phenols is 4. The molecule has 8 nitrogen and oxygen atoms in total. The van der Waals surface area contributed by atoms with Gasteiger partial charge >= 0.3 is 5.97 Å². The van der Waals surface area contributed by atoms with Crippen molar-refractivity contribution in [3.63, 3.8) is 0 Å². The van der Waals surface area contributed by atoms with E-state index in [9.17, 15) is 25.2 Å². The Balaban J connectivity index is 1.92. The van der Waals surface area contributed by atoms with Crippen molar-refractivity contribution in [3.05, 3.63) is 41.5 Å². The van der Waals surface area contributed by atoms with Crippen molar-refractivity contribution in [1.82, 2.24) is 0 Å². The molecular formula is C21H24O8. The summed E-state index contributed by atoms with van der Waals surface area (Å²) in [7, 11) is 0. The Morgan fingerprint density at radius 3 is 2.41 bits per heavy atom. The summed E-state index contributed by atoms with van der Waals surface area (Å²) in [4.78, 5) is 11.9. The number of phenolic OH excluding ortho intramolecular Hbond substituents is 4. The van der Waals surface area contributed by atoms with Gasteiger partial charge in [-0.15, -0.1) is 0 Å². The zero-order valence-electron chi connectivity index (χ0n) is 16.3. The van der Waals surface area contributed by atoms with Crippen molar-refractivity contribution in [2.45, 2.75) is 45.7 Å². The number of hydrogen-bond acceptors (Lipinski definition) is 8. The summed E-state index contributed by atoms with van der Waals surface area (Å²) < 4.78 is 17.1. The third-order valence-corrected chi connectivity index (χ3v) is 4.62. The monoisotopic (exact) mass is 404 g/mol. The van der Waals surface area contributed by atoms with Crippen molar-refractivity contribution < 1.29 is 39.4 Å². The van der Waals surface area contributed by atoms with Gasteiger partial charge in [0.25, 0.3) is 0 Å². The van der Waals surface area contributed by atoms with Gasteiger partial charge in [-0.2, -0.15) is 0 Å². The maximum absolute atomic E-state index is 11.9. The first-order valence-electron chi connectivity index (χ1n) is 9.25. The van der Waals surface area contributed by atoms with E-state index in [1.54, 1.807) is 26.8 Å². The van der Waals surface area contributed by atoms with Crippen LogP contribution in [0.5, 0.6) is 28.7 Å². The van der Waals surface area contributed by atoms with Gasteiger partial charge in [0.2, 0.25) is 6.29 Å². The number of aromatic hydroxyl groups is 4. The molecule has 8 heteroatoms. The van der Waals surface area contributed by atoms with Gasteiger partial charge in [0.05, 0.1) is 5.92 Å². The van der Waals surface area contributed by atoms with Crippen LogP contribution in [0.1, 0.15) is 38.0 Å². The number of rotatable bonds is 5. The van der Waals surface area contributed by atoms with Crippen LogP contribution in [0.2, 0.25) is 0 Å². The van der Waals surface area contributed by atoms with Gasteiger partial charge in [-0.05, 0) is 24.6 Å². The molecule has 2 aromatic rings. The van der Waals surface area contributed by atoms with Crippen molar-refractivity contribution in [2.75, 3.05) is 0 Å². The summed E-state index contributed by atoms with van der Waals surface area (Å²) in [6, 6.07) is 6.81. The van der Waals surface area contributed by atoms with Crippen LogP contribution in [0.15, 0.2) is 30.3 Å². The van der Waals surface area contributed by atoms with E-state index in [0.29, 0.717) is 11.1 Å². The number of hydrogen-bond donors (Lipinski definition) is 4. The maximum atomic E-state index is 11.9. The van der Waals surface area contributed by atoms with Crippen molar-refractivity contribution in [3.8, 4) is 28.7 Å². The summed E-state index contributed by atoms with van der Waals surface area (Å²) in [5, 5.41) is 39.4.